The Balaban J connectivity index is 2.37. The summed E-state index contributed by atoms with van der Waals surface area (Å²) in [7, 11) is 0. The van der Waals surface area contributed by atoms with Crippen LogP contribution in [0.25, 0.3) is 0 Å². The van der Waals surface area contributed by atoms with E-state index in [1.54, 1.807) is 18.2 Å². The Morgan fingerprint density at radius 1 is 1.11 bits per heavy atom. The van der Waals surface area contributed by atoms with E-state index in [4.69, 9.17) is 0 Å². The Bertz CT molecular complexity index is 467. The molecule has 1 aromatic carbocycles. The molecule has 0 radical (unpaired) electrons. The molecule has 1 aromatic rings. The highest BCUT2D eigenvalue weighted by Gasteiger charge is 2.20. The maximum absolute atomic E-state index is 11.8. The van der Waals surface area contributed by atoms with Gasteiger partial charge in [-0.3, -0.25) is 9.59 Å². The number of carbonyl (C=O) groups excluding carboxylic acids is 2. The zero-order valence-electron chi connectivity index (χ0n) is 11.5. The van der Waals surface area contributed by atoms with Crippen LogP contribution in [0.15, 0.2) is 29.2 Å². The van der Waals surface area contributed by atoms with E-state index in [2.05, 4.69) is 23.3 Å². The number of amides is 2. The van der Waals surface area contributed by atoms with Gasteiger partial charge < -0.3 is 10.6 Å². The smallest absolute Gasteiger partial charge is 0.252 e. The maximum atomic E-state index is 11.8. The highest BCUT2D eigenvalue weighted by molar-refractivity contribution is 7.80. The highest BCUT2D eigenvalue weighted by atomic mass is 32.1. The van der Waals surface area contributed by atoms with Gasteiger partial charge in [-0.1, -0.05) is 32.9 Å². The van der Waals surface area contributed by atoms with Crippen LogP contribution >= 0.6 is 12.6 Å². The Morgan fingerprint density at radius 3 is 2.26 bits per heavy atom. The zero-order valence-corrected chi connectivity index (χ0v) is 12.4. The highest BCUT2D eigenvalue weighted by Crippen LogP contribution is 2.13. The van der Waals surface area contributed by atoms with Crippen LogP contribution in [0.1, 0.15) is 31.1 Å². The number of thiol groups is 1. The van der Waals surface area contributed by atoms with Crippen molar-refractivity contribution in [3.05, 3.63) is 29.8 Å². The molecule has 0 aliphatic carbocycles. The van der Waals surface area contributed by atoms with Crippen molar-refractivity contribution in [1.82, 2.24) is 10.6 Å². The van der Waals surface area contributed by atoms with E-state index in [1.165, 1.54) is 0 Å². The minimum Gasteiger partial charge on any atom is -0.354 e. The average Bonchev–Trinajstić information content (AvgIpc) is 2.33. The van der Waals surface area contributed by atoms with Gasteiger partial charge in [-0.2, -0.15) is 0 Å². The van der Waals surface area contributed by atoms with Gasteiger partial charge in [0.1, 0.15) is 0 Å². The Hall–Kier alpha value is -1.49. The van der Waals surface area contributed by atoms with E-state index in [-0.39, 0.29) is 11.8 Å². The molecule has 5 heteroatoms. The quantitative estimate of drug-likeness (QED) is 0.582. The second-order valence-electron chi connectivity index (χ2n) is 5.28. The SMILES string of the molecule is CC(C)(C)C(=O)NCCNC(=O)c1ccccc1S. The zero-order chi connectivity index (χ0) is 14.5. The summed E-state index contributed by atoms with van der Waals surface area (Å²) >= 11 is 4.22. The molecule has 0 spiro atoms. The molecule has 0 saturated heterocycles. The van der Waals surface area contributed by atoms with Crippen molar-refractivity contribution in [2.75, 3.05) is 13.1 Å². The third-order valence-corrected chi connectivity index (χ3v) is 2.92. The third-order valence-electron chi connectivity index (χ3n) is 2.53. The number of carbonyl (C=O) groups is 2. The summed E-state index contributed by atoms with van der Waals surface area (Å²) in [4.78, 5) is 24.1. The predicted octanol–water partition coefficient (Wildman–Crippen LogP) is 1.87. The molecule has 2 N–H and O–H groups in total. The fourth-order valence-corrected chi connectivity index (χ4v) is 1.64. The lowest BCUT2D eigenvalue weighted by molar-refractivity contribution is -0.128. The van der Waals surface area contributed by atoms with Crippen molar-refractivity contribution >= 4 is 24.4 Å². The van der Waals surface area contributed by atoms with Gasteiger partial charge in [-0.15, -0.1) is 12.6 Å². The summed E-state index contributed by atoms with van der Waals surface area (Å²) in [5.74, 6) is -0.216. The first-order valence-electron chi connectivity index (χ1n) is 6.17. The van der Waals surface area contributed by atoms with E-state index >= 15 is 0 Å². The summed E-state index contributed by atoms with van der Waals surface area (Å²) in [6, 6.07) is 7.09. The van der Waals surface area contributed by atoms with E-state index in [0.29, 0.717) is 23.5 Å². The van der Waals surface area contributed by atoms with E-state index < -0.39 is 5.41 Å². The second-order valence-corrected chi connectivity index (χ2v) is 5.76. The first-order valence-corrected chi connectivity index (χ1v) is 6.61. The van der Waals surface area contributed by atoms with Crippen LogP contribution in [0.5, 0.6) is 0 Å². The van der Waals surface area contributed by atoms with Crippen LogP contribution in [-0.4, -0.2) is 24.9 Å². The largest absolute Gasteiger partial charge is 0.354 e. The monoisotopic (exact) mass is 280 g/mol. The number of nitrogens with one attached hydrogen (secondary N) is 2. The lowest BCUT2D eigenvalue weighted by Gasteiger charge is -2.17. The minimum atomic E-state index is -0.415. The molecule has 0 aliphatic rings. The lowest BCUT2D eigenvalue weighted by Crippen LogP contribution is -2.39. The van der Waals surface area contributed by atoms with Gasteiger partial charge in [0, 0.05) is 23.4 Å². The standard InChI is InChI=1S/C14H20N2O2S/c1-14(2,3)13(18)16-9-8-15-12(17)10-6-4-5-7-11(10)19/h4-7,19H,8-9H2,1-3H3,(H,15,17)(H,16,18). The molecular weight excluding hydrogens is 260 g/mol. The number of hydrogen-bond acceptors (Lipinski definition) is 3. The average molecular weight is 280 g/mol. The summed E-state index contributed by atoms with van der Waals surface area (Å²) < 4.78 is 0. The molecule has 19 heavy (non-hydrogen) atoms. The van der Waals surface area contributed by atoms with Crippen LogP contribution in [0.4, 0.5) is 0 Å². The Kier molecular flexibility index (Phi) is 5.42. The Labute approximate surface area is 119 Å². The van der Waals surface area contributed by atoms with Crippen LogP contribution in [0, 0.1) is 5.41 Å². The van der Waals surface area contributed by atoms with Crippen LogP contribution in [0.3, 0.4) is 0 Å². The van der Waals surface area contributed by atoms with Gasteiger partial charge in [0.15, 0.2) is 0 Å². The van der Waals surface area contributed by atoms with Gasteiger partial charge in [-0.05, 0) is 12.1 Å². The molecule has 0 atom stereocenters. The van der Waals surface area contributed by atoms with Crippen LogP contribution in [-0.2, 0) is 4.79 Å². The molecule has 2 amide bonds. The number of hydrogen-bond donors (Lipinski definition) is 3. The van der Waals surface area contributed by atoms with Gasteiger partial charge in [0.2, 0.25) is 5.91 Å². The van der Waals surface area contributed by atoms with Gasteiger partial charge in [-0.25, -0.2) is 0 Å². The molecule has 0 fully saturated rings. The fourth-order valence-electron chi connectivity index (χ4n) is 1.38. The first kappa shape index (κ1) is 15.6. The molecular formula is C14H20N2O2S. The molecule has 1 rings (SSSR count). The molecule has 104 valence electrons. The van der Waals surface area contributed by atoms with Crippen LogP contribution in [0.2, 0.25) is 0 Å². The van der Waals surface area contributed by atoms with Gasteiger partial charge in [0.25, 0.3) is 5.91 Å². The van der Waals surface area contributed by atoms with Crippen LogP contribution < -0.4 is 10.6 Å². The lowest BCUT2D eigenvalue weighted by atomic mass is 9.96. The summed E-state index contributed by atoms with van der Waals surface area (Å²) in [6.45, 7) is 6.34. The molecule has 0 bridgehead atoms. The van der Waals surface area contributed by atoms with E-state index in [1.807, 2.05) is 26.8 Å². The number of benzene rings is 1. The molecule has 0 heterocycles. The molecule has 0 aliphatic heterocycles. The maximum Gasteiger partial charge on any atom is 0.252 e. The molecule has 0 unspecified atom stereocenters. The third kappa shape index (κ3) is 4.95. The van der Waals surface area contributed by atoms with E-state index in [0.717, 1.165) is 0 Å². The summed E-state index contributed by atoms with van der Waals surface area (Å²) in [5, 5.41) is 5.52. The number of rotatable bonds is 4. The normalized spacial score (nSPS) is 10.9. The van der Waals surface area contributed by atoms with Crippen molar-refractivity contribution in [3.63, 3.8) is 0 Å². The minimum absolute atomic E-state index is 0.0312. The predicted molar refractivity (Wildman–Crippen MR) is 78.5 cm³/mol. The second kappa shape index (κ2) is 6.61. The van der Waals surface area contributed by atoms with Crippen molar-refractivity contribution in [2.45, 2.75) is 25.7 Å². The van der Waals surface area contributed by atoms with Crippen molar-refractivity contribution in [1.29, 1.82) is 0 Å². The van der Waals surface area contributed by atoms with Crippen molar-refractivity contribution < 1.29 is 9.59 Å². The Morgan fingerprint density at radius 2 is 1.68 bits per heavy atom. The van der Waals surface area contributed by atoms with Crippen molar-refractivity contribution in [3.8, 4) is 0 Å². The summed E-state index contributed by atoms with van der Waals surface area (Å²) in [5.41, 5.74) is 0.120. The molecule has 0 saturated carbocycles. The summed E-state index contributed by atoms with van der Waals surface area (Å²) in [6.07, 6.45) is 0. The molecule has 0 aromatic heterocycles. The van der Waals surface area contributed by atoms with Gasteiger partial charge >= 0.3 is 0 Å². The van der Waals surface area contributed by atoms with Gasteiger partial charge in [0.05, 0.1) is 5.56 Å². The molecule has 4 nitrogen and oxygen atoms in total. The first-order chi connectivity index (χ1) is 8.82. The van der Waals surface area contributed by atoms with Crippen molar-refractivity contribution in [2.24, 2.45) is 5.41 Å². The van der Waals surface area contributed by atoms with E-state index in [9.17, 15) is 9.59 Å². The fraction of sp³-hybridized carbons (Fsp3) is 0.429. The topological polar surface area (TPSA) is 58.2 Å².